The van der Waals surface area contributed by atoms with E-state index in [2.05, 4.69) is 10.4 Å². The number of para-hydroxylation sites is 1. The minimum absolute atomic E-state index is 0.0343. The molecule has 1 heterocycles. The second-order valence-electron chi connectivity index (χ2n) is 8.63. The highest BCUT2D eigenvalue weighted by Crippen LogP contribution is 2.29. The molecule has 4 N–H and O–H groups in total. The monoisotopic (exact) mass is 460 g/mol. The van der Waals surface area contributed by atoms with Gasteiger partial charge in [-0.15, -0.1) is 0 Å². The molecule has 1 aliphatic carbocycles. The Labute approximate surface area is 197 Å². The first-order valence-electron chi connectivity index (χ1n) is 11.5. The molecule has 1 aromatic heterocycles. The van der Waals surface area contributed by atoms with Gasteiger partial charge in [0.1, 0.15) is 5.69 Å². The largest absolute Gasteiger partial charge is 0.481 e. The van der Waals surface area contributed by atoms with Gasteiger partial charge in [-0.2, -0.15) is 5.10 Å². The molecule has 0 radical (unpaired) electrons. The van der Waals surface area contributed by atoms with E-state index in [9.17, 15) is 19.5 Å². The van der Waals surface area contributed by atoms with E-state index in [0.717, 1.165) is 32.1 Å². The predicted molar refractivity (Wildman–Crippen MR) is 128 cm³/mol. The molecule has 1 amide bonds. The van der Waals surface area contributed by atoms with Crippen molar-refractivity contribution in [1.29, 1.82) is 0 Å². The first kappa shape index (κ1) is 23.2. The number of nitrogens with one attached hydrogen (secondary N) is 1. The van der Waals surface area contributed by atoms with Gasteiger partial charge in [-0.3, -0.25) is 14.4 Å². The van der Waals surface area contributed by atoms with E-state index in [-0.39, 0.29) is 35.2 Å². The van der Waals surface area contributed by atoms with Crippen molar-refractivity contribution >= 4 is 23.3 Å². The van der Waals surface area contributed by atoms with Crippen LogP contribution in [0.2, 0.25) is 0 Å². The number of carbonyl (C=O) groups is 3. The van der Waals surface area contributed by atoms with Crippen LogP contribution in [0.3, 0.4) is 0 Å². The maximum absolute atomic E-state index is 13.4. The van der Waals surface area contributed by atoms with Crippen LogP contribution in [-0.2, 0) is 4.79 Å². The van der Waals surface area contributed by atoms with Gasteiger partial charge in [-0.25, -0.2) is 4.68 Å². The molecule has 8 nitrogen and oxygen atoms in total. The molecule has 2 aromatic carbocycles. The fraction of sp³-hybridized carbons (Fsp3) is 0.308. The molecule has 176 valence electrons. The zero-order valence-electron chi connectivity index (χ0n) is 18.8. The van der Waals surface area contributed by atoms with Crippen LogP contribution < -0.4 is 11.1 Å². The van der Waals surface area contributed by atoms with Crippen LogP contribution in [-0.4, -0.2) is 38.6 Å². The molecule has 1 unspecified atom stereocenters. The quantitative estimate of drug-likeness (QED) is 0.438. The molecule has 0 bridgehead atoms. The van der Waals surface area contributed by atoms with Crippen LogP contribution in [0.25, 0.3) is 5.69 Å². The lowest BCUT2D eigenvalue weighted by Crippen LogP contribution is -2.42. The highest BCUT2D eigenvalue weighted by atomic mass is 16.4. The summed E-state index contributed by atoms with van der Waals surface area (Å²) in [6.45, 7) is 0. The van der Waals surface area contributed by atoms with Crippen molar-refractivity contribution in [2.75, 3.05) is 5.73 Å². The number of benzene rings is 2. The molecule has 1 fully saturated rings. The fourth-order valence-corrected chi connectivity index (χ4v) is 4.60. The highest BCUT2D eigenvalue weighted by Gasteiger charge is 2.31. The van der Waals surface area contributed by atoms with E-state index in [1.54, 1.807) is 54.6 Å². The molecule has 34 heavy (non-hydrogen) atoms. The Kier molecular flexibility index (Phi) is 7.06. The van der Waals surface area contributed by atoms with Crippen molar-refractivity contribution in [3.8, 4) is 5.69 Å². The number of carboxylic acids is 1. The number of ketones is 1. The Hall–Kier alpha value is -3.94. The van der Waals surface area contributed by atoms with Gasteiger partial charge in [0.2, 0.25) is 5.78 Å². The number of rotatable bonds is 8. The summed E-state index contributed by atoms with van der Waals surface area (Å²) in [5.41, 5.74) is 7.33. The summed E-state index contributed by atoms with van der Waals surface area (Å²) >= 11 is 0. The average molecular weight is 461 g/mol. The molecule has 3 aromatic rings. The van der Waals surface area contributed by atoms with E-state index >= 15 is 0 Å². The third-order valence-electron chi connectivity index (χ3n) is 6.32. The number of hydrogen-bond acceptors (Lipinski definition) is 5. The third kappa shape index (κ3) is 5.01. The van der Waals surface area contributed by atoms with E-state index in [0.29, 0.717) is 11.3 Å². The summed E-state index contributed by atoms with van der Waals surface area (Å²) in [7, 11) is 0. The normalized spacial score (nSPS) is 14.9. The Bertz CT molecular complexity index is 1170. The van der Waals surface area contributed by atoms with Gasteiger partial charge >= 0.3 is 5.97 Å². The standard InChI is InChI=1S/C26H28N4O4/c27-22-23(26(34)28-20(16-21(31)32)17-10-4-1-5-11-17)29-30(19-14-8-3-9-15-19)24(22)25(33)18-12-6-2-7-13-18/h2-3,6-9,12-15,17,20H,1,4-5,10-11,16,27H2,(H,28,34)(H,31,32). The van der Waals surface area contributed by atoms with E-state index in [1.807, 2.05) is 6.07 Å². The Morgan fingerprint density at radius 1 is 1.00 bits per heavy atom. The first-order chi connectivity index (χ1) is 16.5. The average Bonchev–Trinajstić information content (AvgIpc) is 3.21. The number of carbonyl (C=O) groups excluding carboxylic acids is 2. The van der Waals surface area contributed by atoms with Crippen molar-refractivity contribution in [2.24, 2.45) is 5.92 Å². The zero-order valence-corrected chi connectivity index (χ0v) is 18.8. The van der Waals surface area contributed by atoms with Crippen LogP contribution >= 0.6 is 0 Å². The van der Waals surface area contributed by atoms with Crippen LogP contribution in [0.5, 0.6) is 0 Å². The van der Waals surface area contributed by atoms with Crippen LogP contribution in [0, 0.1) is 5.92 Å². The maximum atomic E-state index is 13.4. The number of hydrogen-bond donors (Lipinski definition) is 3. The highest BCUT2D eigenvalue weighted by molar-refractivity contribution is 6.14. The van der Waals surface area contributed by atoms with Crippen molar-refractivity contribution in [2.45, 2.75) is 44.6 Å². The van der Waals surface area contributed by atoms with Crippen molar-refractivity contribution < 1.29 is 19.5 Å². The van der Waals surface area contributed by atoms with Gasteiger partial charge in [0.15, 0.2) is 5.69 Å². The topological polar surface area (TPSA) is 127 Å². The molecule has 0 aliphatic heterocycles. The minimum atomic E-state index is -0.974. The van der Waals surface area contributed by atoms with Gasteiger partial charge in [-0.05, 0) is 30.9 Å². The second kappa shape index (κ2) is 10.3. The molecule has 0 spiro atoms. The SMILES string of the molecule is Nc1c(C(=O)NC(CC(=O)O)C2CCCCC2)nn(-c2ccccc2)c1C(=O)c1ccccc1. The van der Waals surface area contributed by atoms with E-state index in [1.165, 1.54) is 4.68 Å². The fourth-order valence-electron chi connectivity index (χ4n) is 4.60. The first-order valence-corrected chi connectivity index (χ1v) is 11.5. The molecule has 1 atom stereocenters. The summed E-state index contributed by atoms with van der Waals surface area (Å²) in [5, 5.41) is 16.7. The van der Waals surface area contributed by atoms with Gasteiger partial charge < -0.3 is 16.2 Å². The number of anilines is 1. The smallest absolute Gasteiger partial charge is 0.305 e. The number of amides is 1. The summed E-state index contributed by atoms with van der Waals surface area (Å²) in [4.78, 5) is 38.1. The van der Waals surface area contributed by atoms with Gasteiger partial charge in [0.25, 0.3) is 5.91 Å². The molecule has 0 saturated heterocycles. The Morgan fingerprint density at radius 3 is 2.24 bits per heavy atom. The maximum Gasteiger partial charge on any atom is 0.305 e. The van der Waals surface area contributed by atoms with Gasteiger partial charge in [-0.1, -0.05) is 67.8 Å². The van der Waals surface area contributed by atoms with Crippen molar-refractivity contribution in [3.63, 3.8) is 0 Å². The van der Waals surface area contributed by atoms with Crippen molar-refractivity contribution in [1.82, 2.24) is 15.1 Å². The van der Waals surface area contributed by atoms with Crippen molar-refractivity contribution in [3.05, 3.63) is 77.6 Å². The number of aromatic nitrogens is 2. The number of nitrogens with two attached hydrogens (primary N) is 1. The second-order valence-corrected chi connectivity index (χ2v) is 8.63. The molecule has 8 heteroatoms. The van der Waals surface area contributed by atoms with Gasteiger partial charge in [0.05, 0.1) is 17.8 Å². The van der Waals surface area contributed by atoms with E-state index in [4.69, 9.17) is 5.73 Å². The molecule has 1 saturated carbocycles. The molecule has 1 aliphatic rings. The number of carboxylic acid groups (broad SMARTS) is 1. The lowest BCUT2D eigenvalue weighted by molar-refractivity contribution is -0.137. The summed E-state index contributed by atoms with van der Waals surface area (Å²) in [5.74, 6) is -1.83. The van der Waals surface area contributed by atoms with Crippen LogP contribution in [0.4, 0.5) is 5.69 Å². The molecular formula is C26H28N4O4. The third-order valence-corrected chi connectivity index (χ3v) is 6.32. The Morgan fingerprint density at radius 2 is 1.62 bits per heavy atom. The van der Waals surface area contributed by atoms with E-state index < -0.39 is 17.9 Å². The minimum Gasteiger partial charge on any atom is -0.481 e. The molecule has 4 rings (SSSR count). The Balaban J connectivity index is 1.71. The van der Waals surface area contributed by atoms with Gasteiger partial charge in [0, 0.05) is 11.6 Å². The molecular weight excluding hydrogens is 432 g/mol. The number of nitrogen functional groups attached to an aromatic ring is 1. The lowest BCUT2D eigenvalue weighted by Gasteiger charge is -2.29. The summed E-state index contributed by atoms with van der Waals surface area (Å²) < 4.78 is 1.38. The number of nitrogens with zero attached hydrogens (tertiary/aromatic N) is 2. The van der Waals surface area contributed by atoms with Crippen LogP contribution in [0.1, 0.15) is 65.1 Å². The zero-order chi connectivity index (χ0) is 24.1. The lowest BCUT2D eigenvalue weighted by atomic mass is 9.82. The van der Waals surface area contributed by atoms with Crippen LogP contribution in [0.15, 0.2) is 60.7 Å². The number of aliphatic carboxylic acids is 1. The summed E-state index contributed by atoms with van der Waals surface area (Å²) in [6.07, 6.45) is 4.69. The predicted octanol–water partition coefficient (Wildman–Crippen LogP) is 3.84. The summed E-state index contributed by atoms with van der Waals surface area (Å²) in [6, 6.07) is 17.1.